The maximum absolute atomic E-state index is 13.1. The predicted octanol–water partition coefficient (Wildman–Crippen LogP) is 21.7. The first-order valence-corrected chi connectivity index (χ1v) is 41.7. The van der Waals surface area contributed by atoms with E-state index in [-0.39, 0.29) is 25.7 Å². The van der Waals surface area contributed by atoms with Crippen LogP contribution in [-0.2, 0) is 65.4 Å². The number of aliphatic hydroxyl groups excluding tert-OH is 1. The molecule has 3 unspecified atom stereocenters. The van der Waals surface area contributed by atoms with Crippen molar-refractivity contribution in [1.82, 2.24) is 0 Å². The second-order valence-electron chi connectivity index (χ2n) is 28.1. The number of esters is 4. The molecule has 560 valence electrons. The number of hydrogen-bond donors (Lipinski definition) is 3. The lowest BCUT2D eigenvalue weighted by Gasteiger charge is -2.21. The molecule has 0 amide bonds. The molecular formula is C76H144O17P2. The molecule has 0 aromatic rings. The Morgan fingerprint density at radius 3 is 0.853 bits per heavy atom. The van der Waals surface area contributed by atoms with Crippen LogP contribution in [0.4, 0.5) is 0 Å². The number of ether oxygens (including phenoxy) is 4. The van der Waals surface area contributed by atoms with Gasteiger partial charge in [0.2, 0.25) is 0 Å². The smallest absolute Gasteiger partial charge is 0.462 e. The lowest BCUT2D eigenvalue weighted by molar-refractivity contribution is -0.161. The number of phosphoric ester groups is 2. The molecule has 17 nitrogen and oxygen atoms in total. The van der Waals surface area contributed by atoms with Crippen LogP contribution in [0.2, 0.25) is 0 Å². The van der Waals surface area contributed by atoms with Crippen LogP contribution < -0.4 is 0 Å². The fourth-order valence-electron chi connectivity index (χ4n) is 11.1. The molecule has 0 rings (SSSR count). The maximum atomic E-state index is 13.1. The number of hydrogen-bond acceptors (Lipinski definition) is 15. The SMILES string of the molecule is CCCCCC/C=C\C=C/CCCCCCCC(=O)OC[C@H](COP(=O)(O)OCC(O)COP(=O)(O)OC[C@@H](COC(=O)CCCCCCCCCCC(C)C)OC(=O)CCCCCCCCCCCCC(C)C)OC(=O)CCCCCCCCCCCCCCCC(C)C. The molecule has 0 aromatic carbocycles. The molecule has 0 heterocycles. The Morgan fingerprint density at radius 2 is 0.568 bits per heavy atom. The van der Waals surface area contributed by atoms with Crippen molar-refractivity contribution >= 4 is 39.5 Å². The van der Waals surface area contributed by atoms with Gasteiger partial charge in [0.05, 0.1) is 26.4 Å². The lowest BCUT2D eigenvalue weighted by Crippen LogP contribution is -2.30. The van der Waals surface area contributed by atoms with Crippen molar-refractivity contribution < 1.29 is 80.2 Å². The van der Waals surface area contributed by atoms with E-state index in [2.05, 4.69) is 72.8 Å². The highest BCUT2D eigenvalue weighted by Gasteiger charge is 2.30. The predicted molar refractivity (Wildman–Crippen MR) is 386 cm³/mol. The Bertz CT molecular complexity index is 1950. The monoisotopic (exact) mass is 1390 g/mol. The summed E-state index contributed by atoms with van der Waals surface area (Å²) >= 11 is 0. The van der Waals surface area contributed by atoms with Crippen LogP contribution in [0.25, 0.3) is 0 Å². The van der Waals surface area contributed by atoms with Crippen LogP contribution in [0.5, 0.6) is 0 Å². The first-order valence-electron chi connectivity index (χ1n) is 38.7. The number of carbonyl (C=O) groups excluding carboxylic acids is 4. The molecule has 0 saturated heterocycles. The van der Waals surface area contributed by atoms with E-state index in [0.29, 0.717) is 25.7 Å². The zero-order chi connectivity index (χ0) is 70.1. The first kappa shape index (κ1) is 92.5. The van der Waals surface area contributed by atoms with Crippen LogP contribution in [0.15, 0.2) is 24.3 Å². The topological polar surface area (TPSA) is 237 Å². The standard InChI is InChI=1S/C76H144O17P2/c1-8-9-10-11-12-13-14-15-16-19-22-28-36-43-50-57-73(78)86-63-71(92-75(80)59-52-45-38-29-23-20-17-18-21-26-33-40-47-54-67(2)3)65-90-94(82,83)88-61-70(77)62-89-95(84,85)91-66-72(64-87-74(79)58-51-44-37-32-31-35-42-49-56-69(6)7)93-76(81)60-53-46-39-30-25-24-27-34-41-48-55-68(4)5/h13-16,67-72,77H,8-12,17-66H2,1-7H3,(H,82,83)(H,84,85)/b14-13-,16-15-/t70?,71-,72-/m1/s1. The van der Waals surface area contributed by atoms with Gasteiger partial charge in [-0.1, -0.05) is 310 Å². The van der Waals surface area contributed by atoms with Gasteiger partial charge in [0, 0.05) is 25.7 Å². The van der Waals surface area contributed by atoms with Crippen LogP contribution in [0.1, 0.15) is 363 Å². The summed E-state index contributed by atoms with van der Waals surface area (Å²) in [5.74, 6) is 0.111. The van der Waals surface area contributed by atoms with Gasteiger partial charge in [-0.15, -0.1) is 0 Å². The van der Waals surface area contributed by atoms with Gasteiger partial charge < -0.3 is 33.8 Å². The molecule has 0 aromatic heterocycles. The second-order valence-corrected chi connectivity index (χ2v) is 31.0. The van der Waals surface area contributed by atoms with Crippen molar-refractivity contribution in [3.63, 3.8) is 0 Å². The summed E-state index contributed by atoms with van der Waals surface area (Å²) in [6.07, 6.45) is 54.9. The quantitative estimate of drug-likeness (QED) is 0.0169. The number of carbonyl (C=O) groups is 4. The van der Waals surface area contributed by atoms with Crippen molar-refractivity contribution in [3.05, 3.63) is 24.3 Å². The van der Waals surface area contributed by atoms with E-state index in [1.54, 1.807) is 0 Å². The van der Waals surface area contributed by atoms with Crippen LogP contribution in [0.3, 0.4) is 0 Å². The van der Waals surface area contributed by atoms with Crippen LogP contribution in [0, 0.1) is 17.8 Å². The molecule has 0 aliphatic carbocycles. The van der Waals surface area contributed by atoms with E-state index < -0.39 is 97.5 Å². The van der Waals surface area contributed by atoms with Crippen molar-refractivity contribution in [1.29, 1.82) is 0 Å². The minimum Gasteiger partial charge on any atom is -0.462 e. The van der Waals surface area contributed by atoms with Gasteiger partial charge in [-0.3, -0.25) is 37.3 Å². The Balaban J connectivity index is 5.30. The maximum Gasteiger partial charge on any atom is 0.472 e. The first-order chi connectivity index (χ1) is 45.7. The highest BCUT2D eigenvalue weighted by molar-refractivity contribution is 7.47. The van der Waals surface area contributed by atoms with Gasteiger partial charge in [0.25, 0.3) is 0 Å². The summed E-state index contributed by atoms with van der Waals surface area (Å²) in [6.45, 7) is 11.8. The molecule has 0 spiro atoms. The van der Waals surface area contributed by atoms with Gasteiger partial charge in [-0.2, -0.15) is 0 Å². The van der Waals surface area contributed by atoms with Gasteiger partial charge in [-0.05, 0) is 69.1 Å². The summed E-state index contributed by atoms with van der Waals surface area (Å²) < 4.78 is 68.5. The third-order valence-electron chi connectivity index (χ3n) is 17.0. The molecule has 0 bridgehead atoms. The number of aliphatic hydroxyl groups is 1. The highest BCUT2D eigenvalue weighted by Crippen LogP contribution is 2.45. The fourth-order valence-corrected chi connectivity index (χ4v) is 12.6. The number of allylic oxidation sites excluding steroid dienone is 4. The Hall–Kier alpha value is -2.46. The van der Waals surface area contributed by atoms with E-state index >= 15 is 0 Å². The number of rotatable bonds is 72. The van der Waals surface area contributed by atoms with Crippen LogP contribution in [-0.4, -0.2) is 96.7 Å². The zero-order valence-electron chi connectivity index (χ0n) is 61.6. The van der Waals surface area contributed by atoms with E-state index in [0.717, 1.165) is 127 Å². The summed E-state index contributed by atoms with van der Waals surface area (Å²) in [5, 5.41) is 10.6. The minimum absolute atomic E-state index is 0.0999. The number of unbranched alkanes of at least 4 members (excludes halogenated alkanes) is 37. The molecule has 19 heteroatoms. The molecular weight excluding hydrogens is 1250 g/mol. The second kappa shape index (κ2) is 66.1. The normalized spacial score (nSPS) is 14.2. The Kier molecular flexibility index (Phi) is 64.4. The molecule has 0 saturated carbocycles. The van der Waals surface area contributed by atoms with E-state index in [1.807, 2.05) is 0 Å². The fraction of sp³-hybridized carbons (Fsp3) is 0.895. The van der Waals surface area contributed by atoms with Gasteiger partial charge >= 0.3 is 39.5 Å². The molecule has 0 aliphatic heterocycles. The van der Waals surface area contributed by atoms with Gasteiger partial charge in [-0.25, -0.2) is 9.13 Å². The van der Waals surface area contributed by atoms with Crippen molar-refractivity contribution in [2.24, 2.45) is 17.8 Å². The average Bonchev–Trinajstić information content (AvgIpc) is 2.61. The van der Waals surface area contributed by atoms with Gasteiger partial charge in [0.1, 0.15) is 19.3 Å². The summed E-state index contributed by atoms with van der Waals surface area (Å²) in [4.78, 5) is 72.8. The Morgan fingerprint density at radius 1 is 0.326 bits per heavy atom. The highest BCUT2D eigenvalue weighted by atomic mass is 31.2. The average molecular weight is 1390 g/mol. The van der Waals surface area contributed by atoms with Crippen molar-refractivity contribution in [3.8, 4) is 0 Å². The molecule has 5 atom stereocenters. The lowest BCUT2D eigenvalue weighted by atomic mass is 10.0. The summed E-state index contributed by atoms with van der Waals surface area (Å²) in [7, 11) is -9.92. The zero-order valence-corrected chi connectivity index (χ0v) is 63.4. The molecule has 0 fully saturated rings. The van der Waals surface area contributed by atoms with Crippen molar-refractivity contribution in [2.45, 2.75) is 381 Å². The minimum atomic E-state index is -4.97. The van der Waals surface area contributed by atoms with E-state index in [9.17, 15) is 43.2 Å². The van der Waals surface area contributed by atoms with Crippen LogP contribution >= 0.6 is 15.6 Å². The molecule has 0 aliphatic rings. The number of phosphoric acid groups is 2. The molecule has 3 N–H and O–H groups in total. The van der Waals surface area contributed by atoms with E-state index in [1.165, 1.54) is 154 Å². The summed E-state index contributed by atoms with van der Waals surface area (Å²) in [5.41, 5.74) is 0. The third-order valence-corrected chi connectivity index (χ3v) is 18.9. The van der Waals surface area contributed by atoms with E-state index in [4.69, 9.17) is 37.0 Å². The Labute approximate surface area is 580 Å². The van der Waals surface area contributed by atoms with Gasteiger partial charge in [0.15, 0.2) is 12.2 Å². The molecule has 0 radical (unpaired) electrons. The third kappa shape index (κ3) is 69.8. The molecule has 95 heavy (non-hydrogen) atoms. The largest absolute Gasteiger partial charge is 0.472 e. The van der Waals surface area contributed by atoms with Crippen molar-refractivity contribution in [2.75, 3.05) is 39.6 Å². The summed E-state index contributed by atoms with van der Waals surface area (Å²) in [6, 6.07) is 0.